The van der Waals surface area contributed by atoms with Crippen molar-refractivity contribution in [3.8, 4) is 0 Å². The smallest absolute Gasteiger partial charge is 0.256 e. The molecule has 3 rings (SSSR count). The average Bonchev–Trinajstić information content (AvgIpc) is 2.82. The second-order valence-corrected chi connectivity index (χ2v) is 6.33. The number of carbonyl (C=O) groups is 2. The fourth-order valence-corrected chi connectivity index (χ4v) is 2.87. The predicted molar refractivity (Wildman–Crippen MR) is 96.7 cm³/mol. The first kappa shape index (κ1) is 16.3. The Balaban J connectivity index is 1.76. The van der Waals surface area contributed by atoms with E-state index in [4.69, 9.17) is 11.6 Å². The van der Waals surface area contributed by atoms with Gasteiger partial charge in [-0.15, -0.1) is 0 Å². The lowest BCUT2D eigenvalue weighted by Gasteiger charge is -2.17. The zero-order chi connectivity index (χ0) is 17.3. The number of rotatable bonds is 4. The average molecular weight is 344 g/mol. The Morgan fingerprint density at radius 1 is 1.12 bits per heavy atom. The summed E-state index contributed by atoms with van der Waals surface area (Å²) in [7, 11) is 3.93. The monoisotopic (exact) mass is 343 g/mol. The maximum absolute atomic E-state index is 12.6. The third-order valence-corrected chi connectivity index (χ3v) is 4.17. The summed E-state index contributed by atoms with van der Waals surface area (Å²) in [4.78, 5) is 28.0. The molecule has 0 bridgehead atoms. The van der Waals surface area contributed by atoms with Gasteiger partial charge in [0.05, 0.1) is 12.1 Å². The van der Waals surface area contributed by atoms with Crippen LogP contribution in [0.5, 0.6) is 0 Å². The van der Waals surface area contributed by atoms with Gasteiger partial charge in [0, 0.05) is 30.5 Å². The van der Waals surface area contributed by atoms with Gasteiger partial charge in [0.25, 0.3) is 5.91 Å². The second kappa shape index (κ2) is 6.53. The highest BCUT2D eigenvalue weighted by molar-refractivity contribution is 6.31. The predicted octanol–water partition coefficient (Wildman–Crippen LogP) is 3.15. The quantitative estimate of drug-likeness (QED) is 0.866. The summed E-state index contributed by atoms with van der Waals surface area (Å²) in [6.07, 6.45) is 0.126. The van der Waals surface area contributed by atoms with E-state index >= 15 is 0 Å². The molecule has 2 aromatic carbocycles. The molecular weight excluding hydrogens is 326 g/mol. The van der Waals surface area contributed by atoms with Gasteiger partial charge in [-0.05, 0) is 42.5 Å². The molecular formula is C18H18ClN3O2. The van der Waals surface area contributed by atoms with Crippen molar-refractivity contribution in [2.75, 3.05) is 29.2 Å². The van der Waals surface area contributed by atoms with Crippen LogP contribution < -0.4 is 15.1 Å². The van der Waals surface area contributed by atoms with Crippen LogP contribution in [0.4, 0.5) is 17.1 Å². The lowest BCUT2D eigenvalue weighted by Crippen LogP contribution is -2.34. The van der Waals surface area contributed by atoms with Crippen molar-refractivity contribution in [2.24, 2.45) is 0 Å². The van der Waals surface area contributed by atoms with Gasteiger partial charge in [-0.1, -0.05) is 17.7 Å². The minimum absolute atomic E-state index is 0.126. The van der Waals surface area contributed by atoms with Gasteiger partial charge in [0.15, 0.2) is 0 Å². The van der Waals surface area contributed by atoms with Crippen molar-refractivity contribution in [2.45, 2.75) is 12.5 Å². The molecule has 2 amide bonds. The molecule has 0 unspecified atom stereocenters. The third kappa shape index (κ3) is 3.21. The molecule has 0 radical (unpaired) electrons. The number of halogens is 1. The van der Waals surface area contributed by atoms with Crippen molar-refractivity contribution in [1.82, 2.24) is 0 Å². The molecule has 1 fully saturated rings. The van der Waals surface area contributed by atoms with Gasteiger partial charge in [-0.3, -0.25) is 9.59 Å². The first-order valence-corrected chi connectivity index (χ1v) is 8.00. The number of carbonyl (C=O) groups excluding carboxylic acids is 2. The number of hydrogen-bond donors (Lipinski definition) is 1. The standard InChI is InChI=1S/C18H18ClN3O2/c1-21(2)14-8-6-13(7-9-14)20-16-11-17(23)22(18(16)24)15-5-3-4-12(19)10-15/h3-10,16,20H,11H2,1-2H3/t16-/m0/s1. The van der Waals surface area contributed by atoms with E-state index in [1.54, 1.807) is 24.3 Å². The lowest BCUT2D eigenvalue weighted by molar-refractivity contribution is -0.121. The summed E-state index contributed by atoms with van der Waals surface area (Å²) in [5.41, 5.74) is 2.37. The molecule has 1 atom stereocenters. The first-order chi connectivity index (χ1) is 11.5. The molecule has 1 aliphatic rings. The van der Waals surface area contributed by atoms with Crippen molar-refractivity contribution >= 4 is 40.5 Å². The van der Waals surface area contributed by atoms with Crippen molar-refractivity contribution in [3.63, 3.8) is 0 Å². The zero-order valence-corrected chi connectivity index (χ0v) is 14.2. The Morgan fingerprint density at radius 2 is 1.83 bits per heavy atom. The Bertz CT molecular complexity index is 774. The van der Waals surface area contributed by atoms with E-state index in [2.05, 4.69) is 5.32 Å². The fourth-order valence-electron chi connectivity index (χ4n) is 2.69. The molecule has 0 aromatic heterocycles. The minimum Gasteiger partial charge on any atom is -0.378 e. The lowest BCUT2D eigenvalue weighted by atomic mass is 10.2. The number of anilines is 3. The van der Waals surface area contributed by atoms with Crippen LogP contribution in [-0.2, 0) is 9.59 Å². The number of benzene rings is 2. The SMILES string of the molecule is CN(C)c1ccc(N[C@H]2CC(=O)N(c3cccc(Cl)c3)C2=O)cc1. The molecule has 0 saturated carbocycles. The van der Waals surface area contributed by atoms with Gasteiger partial charge in [-0.25, -0.2) is 4.90 Å². The van der Waals surface area contributed by atoms with Crippen LogP contribution in [0.25, 0.3) is 0 Å². The Labute approximate surface area is 145 Å². The molecule has 24 heavy (non-hydrogen) atoms. The summed E-state index contributed by atoms with van der Waals surface area (Å²) < 4.78 is 0. The summed E-state index contributed by atoms with van der Waals surface area (Å²) in [6, 6.07) is 13.9. The van der Waals surface area contributed by atoms with Crippen molar-refractivity contribution in [1.29, 1.82) is 0 Å². The maximum Gasteiger partial charge on any atom is 0.256 e. The van der Waals surface area contributed by atoms with E-state index < -0.39 is 6.04 Å². The second-order valence-electron chi connectivity index (χ2n) is 5.89. The number of nitrogens with one attached hydrogen (secondary N) is 1. The molecule has 1 aliphatic heterocycles. The molecule has 0 spiro atoms. The van der Waals surface area contributed by atoms with Crippen LogP contribution in [0.2, 0.25) is 5.02 Å². The van der Waals surface area contributed by atoms with E-state index in [1.165, 1.54) is 4.90 Å². The normalized spacial score (nSPS) is 17.3. The highest BCUT2D eigenvalue weighted by atomic mass is 35.5. The number of nitrogens with zero attached hydrogens (tertiary/aromatic N) is 2. The van der Waals surface area contributed by atoms with E-state index in [1.807, 2.05) is 43.3 Å². The summed E-state index contributed by atoms with van der Waals surface area (Å²) in [5.74, 6) is -0.497. The molecule has 2 aromatic rings. The zero-order valence-electron chi connectivity index (χ0n) is 13.5. The number of hydrogen-bond acceptors (Lipinski definition) is 4. The molecule has 1 heterocycles. The van der Waals surface area contributed by atoms with Crippen LogP contribution in [-0.4, -0.2) is 32.0 Å². The summed E-state index contributed by atoms with van der Waals surface area (Å²) in [6.45, 7) is 0. The van der Waals surface area contributed by atoms with E-state index in [0.29, 0.717) is 10.7 Å². The van der Waals surface area contributed by atoms with Crippen LogP contribution in [0, 0.1) is 0 Å². The molecule has 6 heteroatoms. The van der Waals surface area contributed by atoms with E-state index in [-0.39, 0.29) is 18.2 Å². The van der Waals surface area contributed by atoms with Crippen LogP contribution >= 0.6 is 11.6 Å². The van der Waals surface area contributed by atoms with Crippen molar-refractivity contribution in [3.05, 3.63) is 53.6 Å². The van der Waals surface area contributed by atoms with Crippen molar-refractivity contribution < 1.29 is 9.59 Å². The molecule has 1 N–H and O–H groups in total. The first-order valence-electron chi connectivity index (χ1n) is 7.62. The van der Waals surface area contributed by atoms with Gasteiger partial charge >= 0.3 is 0 Å². The topological polar surface area (TPSA) is 52.7 Å². The molecule has 124 valence electrons. The van der Waals surface area contributed by atoms with Crippen LogP contribution in [0.1, 0.15) is 6.42 Å². The largest absolute Gasteiger partial charge is 0.378 e. The Morgan fingerprint density at radius 3 is 2.46 bits per heavy atom. The molecule has 1 saturated heterocycles. The Kier molecular flexibility index (Phi) is 4.44. The van der Waals surface area contributed by atoms with Crippen LogP contribution in [0.15, 0.2) is 48.5 Å². The maximum atomic E-state index is 12.6. The van der Waals surface area contributed by atoms with Gasteiger partial charge in [0.1, 0.15) is 6.04 Å². The minimum atomic E-state index is -0.568. The number of imide groups is 1. The summed E-state index contributed by atoms with van der Waals surface area (Å²) in [5, 5.41) is 3.63. The molecule has 5 nitrogen and oxygen atoms in total. The highest BCUT2D eigenvalue weighted by Gasteiger charge is 2.39. The van der Waals surface area contributed by atoms with E-state index in [9.17, 15) is 9.59 Å². The highest BCUT2D eigenvalue weighted by Crippen LogP contribution is 2.27. The van der Waals surface area contributed by atoms with E-state index in [0.717, 1.165) is 11.4 Å². The number of amides is 2. The van der Waals surface area contributed by atoms with Gasteiger partial charge in [0.2, 0.25) is 5.91 Å². The molecule has 0 aliphatic carbocycles. The van der Waals surface area contributed by atoms with Gasteiger partial charge < -0.3 is 10.2 Å². The fraction of sp³-hybridized carbons (Fsp3) is 0.222. The van der Waals surface area contributed by atoms with Crippen LogP contribution in [0.3, 0.4) is 0 Å². The summed E-state index contributed by atoms with van der Waals surface area (Å²) >= 11 is 5.96. The third-order valence-electron chi connectivity index (χ3n) is 3.94. The Hall–Kier alpha value is -2.53. The van der Waals surface area contributed by atoms with Gasteiger partial charge in [-0.2, -0.15) is 0 Å².